The summed E-state index contributed by atoms with van der Waals surface area (Å²) >= 11 is 0. The molecule has 5 heteroatoms. The van der Waals surface area contributed by atoms with Gasteiger partial charge >= 0.3 is 0 Å². The second-order valence-corrected chi connectivity index (χ2v) is 4.74. The number of carbonyl (C=O) groups is 1. The number of aromatic hydroxyl groups is 2. The Hall–Kier alpha value is -1.75. The van der Waals surface area contributed by atoms with E-state index in [0.29, 0.717) is 31.5 Å². The number of hydrogen-bond donors (Lipinski definition) is 3. The zero-order chi connectivity index (χ0) is 15.1. The highest BCUT2D eigenvalue weighted by atomic mass is 16.3. The van der Waals surface area contributed by atoms with Gasteiger partial charge in [0.05, 0.1) is 0 Å². The molecule has 0 fully saturated rings. The zero-order valence-electron chi connectivity index (χ0n) is 12.0. The summed E-state index contributed by atoms with van der Waals surface area (Å²) < 4.78 is 0. The molecule has 0 aliphatic heterocycles. The molecule has 1 rings (SSSR count). The number of phenols is 2. The molecule has 0 heterocycles. The van der Waals surface area contributed by atoms with Gasteiger partial charge in [-0.1, -0.05) is 6.07 Å². The largest absolute Gasteiger partial charge is 0.508 e. The Kier molecular flexibility index (Phi) is 6.31. The summed E-state index contributed by atoms with van der Waals surface area (Å²) in [5.74, 6) is -0.424. The molecule has 0 aliphatic rings. The van der Waals surface area contributed by atoms with Crippen LogP contribution in [0.25, 0.3) is 0 Å². The Balaban J connectivity index is 2.88. The SMILES string of the molecule is CCN(CC)C(=O)C(CCO)Cc1ccc(O)cc1O. The standard InChI is InChI=1S/C15H23NO4/c1-3-16(4-2)15(20)12(7-8-17)9-11-5-6-13(18)10-14(11)19/h5-6,10,12,17-19H,3-4,7-9H2,1-2H3. The predicted molar refractivity (Wildman–Crippen MR) is 76.6 cm³/mol. The molecule has 3 N–H and O–H groups in total. The maximum atomic E-state index is 12.4. The van der Waals surface area contributed by atoms with Gasteiger partial charge in [-0.25, -0.2) is 0 Å². The summed E-state index contributed by atoms with van der Waals surface area (Å²) in [6.45, 7) is 5.00. The number of aliphatic hydroxyl groups is 1. The van der Waals surface area contributed by atoms with Crippen molar-refractivity contribution in [3.63, 3.8) is 0 Å². The van der Waals surface area contributed by atoms with Crippen molar-refractivity contribution >= 4 is 5.91 Å². The van der Waals surface area contributed by atoms with E-state index in [1.54, 1.807) is 11.0 Å². The predicted octanol–water partition coefficient (Wildman–Crippen LogP) is 1.51. The maximum absolute atomic E-state index is 12.4. The third kappa shape index (κ3) is 4.13. The monoisotopic (exact) mass is 281 g/mol. The molecule has 1 unspecified atom stereocenters. The lowest BCUT2D eigenvalue weighted by atomic mass is 9.94. The van der Waals surface area contributed by atoms with E-state index in [0.717, 1.165) is 0 Å². The average molecular weight is 281 g/mol. The molecule has 0 aliphatic carbocycles. The van der Waals surface area contributed by atoms with E-state index in [1.165, 1.54) is 12.1 Å². The maximum Gasteiger partial charge on any atom is 0.226 e. The summed E-state index contributed by atoms with van der Waals surface area (Å²) in [5.41, 5.74) is 0.599. The van der Waals surface area contributed by atoms with Crippen LogP contribution in [0.1, 0.15) is 25.8 Å². The van der Waals surface area contributed by atoms with Crippen LogP contribution in [0.2, 0.25) is 0 Å². The van der Waals surface area contributed by atoms with Gasteiger partial charge in [0.1, 0.15) is 11.5 Å². The minimum Gasteiger partial charge on any atom is -0.508 e. The molecular formula is C15H23NO4. The fraction of sp³-hybridized carbons (Fsp3) is 0.533. The molecule has 1 atom stereocenters. The van der Waals surface area contributed by atoms with Crippen LogP contribution in [0.15, 0.2) is 18.2 Å². The normalized spacial score (nSPS) is 12.2. The van der Waals surface area contributed by atoms with Crippen LogP contribution < -0.4 is 0 Å². The van der Waals surface area contributed by atoms with E-state index in [1.807, 2.05) is 13.8 Å². The Morgan fingerprint density at radius 2 is 1.90 bits per heavy atom. The molecule has 0 aromatic heterocycles. The number of amides is 1. The fourth-order valence-corrected chi connectivity index (χ4v) is 2.25. The topological polar surface area (TPSA) is 81.0 Å². The van der Waals surface area contributed by atoms with Crippen molar-refractivity contribution in [2.75, 3.05) is 19.7 Å². The summed E-state index contributed by atoms with van der Waals surface area (Å²) in [7, 11) is 0. The highest BCUT2D eigenvalue weighted by molar-refractivity contribution is 5.79. The summed E-state index contributed by atoms with van der Waals surface area (Å²) in [6, 6.07) is 4.34. The van der Waals surface area contributed by atoms with E-state index in [-0.39, 0.29) is 29.9 Å². The Morgan fingerprint density at radius 3 is 2.40 bits per heavy atom. The van der Waals surface area contributed by atoms with E-state index in [9.17, 15) is 15.0 Å². The van der Waals surface area contributed by atoms with Gasteiger partial charge in [0.2, 0.25) is 5.91 Å². The third-order valence-corrected chi connectivity index (χ3v) is 3.44. The van der Waals surface area contributed by atoms with Gasteiger partial charge in [-0.3, -0.25) is 4.79 Å². The van der Waals surface area contributed by atoms with Gasteiger partial charge in [0, 0.05) is 31.7 Å². The van der Waals surface area contributed by atoms with Crippen LogP contribution in [0.4, 0.5) is 0 Å². The van der Waals surface area contributed by atoms with Crippen molar-refractivity contribution < 1.29 is 20.1 Å². The first-order valence-corrected chi connectivity index (χ1v) is 6.93. The first-order chi connectivity index (χ1) is 9.53. The number of nitrogens with zero attached hydrogens (tertiary/aromatic N) is 1. The Morgan fingerprint density at radius 1 is 1.25 bits per heavy atom. The van der Waals surface area contributed by atoms with Gasteiger partial charge < -0.3 is 20.2 Å². The van der Waals surface area contributed by atoms with E-state index >= 15 is 0 Å². The van der Waals surface area contributed by atoms with Crippen LogP contribution in [0.3, 0.4) is 0 Å². The Labute approximate surface area is 119 Å². The summed E-state index contributed by atoms with van der Waals surface area (Å²) in [6.07, 6.45) is 0.706. The first kappa shape index (κ1) is 16.3. The van der Waals surface area contributed by atoms with Crippen molar-refractivity contribution in [2.24, 2.45) is 5.92 Å². The quantitative estimate of drug-likeness (QED) is 0.707. The van der Waals surface area contributed by atoms with Gasteiger partial charge in [0.25, 0.3) is 0 Å². The molecule has 0 radical (unpaired) electrons. The lowest BCUT2D eigenvalue weighted by Crippen LogP contribution is -2.37. The van der Waals surface area contributed by atoms with Crippen LogP contribution in [0, 0.1) is 5.92 Å². The van der Waals surface area contributed by atoms with E-state index < -0.39 is 0 Å². The van der Waals surface area contributed by atoms with Crippen molar-refractivity contribution in [3.8, 4) is 11.5 Å². The molecule has 20 heavy (non-hydrogen) atoms. The highest BCUT2D eigenvalue weighted by Crippen LogP contribution is 2.26. The van der Waals surface area contributed by atoms with Crippen LogP contribution >= 0.6 is 0 Å². The number of benzene rings is 1. The number of phenolic OH excluding ortho intramolecular Hbond substituents is 2. The molecule has 1 aromatic carbocycles. The molecule has 0 saturated heterocycles. The molecule has 0 spiro atoms. The highest BCUT2D eigenvalue weighted by Gasteiger charge is 2.23. The average Bonchev–Trinajstić information content (AvgIpc) is 2.42. The number of rotatable bonds is 7. The van der Waals surface area contributed by atoms with Crippen molar-refractivity contribution in [1.82, 2.24) is 4.90 Å². The minimum atomic E-state index is -0.365. The van der Waals surface area contributed by atoms with Crippen LogP contribution in [-0.4, -0.2) is 45.8 Å². The van der Waals surface area contributed by atoms with E-state index in [4.69, 9.17) is 5.11 Å². The van der Waals surface area contributed by atoms with Crippen LogP contribution in [0.5, 0.6) is 11.5 Å². The van der Waals surface area contributed by atoms with Crippen molar-refractivity contribution in [1.29, 1.82) is 0 Å². The number of aliphatic hydroxyl groups excluding tert-OH is 1. The van der Waals surface area contributed by atoms with Crippen molar-refractivity contribution in [3.05, 3.63) is 23.8 Å². The Bertz CT molecular complexity index is 443. The molecule has 0 bridgehead atoms. The second-order valence-electron chi connectivity index (χ2n) is 4.74. The first-order valence-electron chi connectivity index (χ1n) is 6.93. The minimum absolute atomic E-state index is 0.0139. The lowest BCUT2D eigenvalue weighted by Gasteiger charge is -2.25. The molecule has 1 amide bonds. The smallest absolute Gasteiger partial charge is 0.226 e. The zero-order valence-corrected chi connectivity index (χ0v) is 12.0. The number of hydrogen-bond acceptors (Lipinski definition) is 4. The molecule has 112 valence electrons. The van der Waals surface area contributed by atoms with Gasteiger partial charge in [0.15, 0.2) is 0 Å². The molecule has 1 aromatic rings. The lowest BCUT2D eigenvalue weighted by molar-refractivity contribution is -0.135. The van der Waals surface area contributed by atoms with Crippen LogP contribution in [-0.2, 0) is 11.2 Å². The summed E-state index contributed by atoms with van der Waals surface area (Å²) in [5, 5.41) is 28.2. The molecular weight excluding hydrogens is 258 g/mol. The van der Waals surface area contributed by atoms with Gasteiger partial charge in [-0.15, -0.1) is 0 Å². The third-order valence-electron chi connectivity index (χ3n) is 3.44. The molecule has 0 saturated carbocycles. The van der Waals surface area contributed by atoms with Gasteiger partial charge in [-0.05, 0) is 38.3 Å². The van der Waals surface area contributed by atoms with Gasteiger partial charge in [-0.2, -0.15) is 0 Å². The fourth-order valence-electron chi connectivity index (χ4n) is 2.25. The van der Waals surface area contributed by atoms with E-state index in [2.05, 4.69) is 0 Å². The van der Waals surface area contributed by atoms with Crippen molar-refractivity contribution in [2.45, 2.75) is 26.7 Å². The molecule has 5 nitrogen and oxygen atoms in total. The summed E-state index contributed by atoms with van der Waals surface area (Å²) in [4.78, 5) is 14.1. The second kappa shape index (κ2) is 7.75. The number of carbonyl (C=O) groups excluding carboxylic acids is 1.